The zero-order valence-electron chi connectivity index (χ0n) is 12.2. The van der Waals surface area contributed by atoms with Crippen molar-refractivity contribution in [3.8, 4) is 11.5 Å². The Labute approximate surface area is 116 Å². The highest BCUT2D eigenvalue weighted by molar-refractivity contribution is 5.43. The average molecular weight is 267 g/mol. The summed E-state index contributed by atoms with van der Waals surface area (Å²) in [6, 6.07) is 6.05. The maximum absolute atomic E-state index is 5.68. The van der Waals surface area contributed by atoms with Gasteiger partial charge < -0.3 is 19.5 Å². The zero-order chi connectivity index (χ0) is 13.9. The first-order valence-electron chi connectivity index (χ1n) is 6.98. The molecule has 0 spiro atoms. The van der Waals surface area contributed by atoms with Crippen molar-refractivity contribution in [3.05, 3.63) is 23.8 Å². The smallest absolute Gasteiger partial charge is 0.161 e. The van der Waals surface area contributed by atoms with Crippen molar-refractivity contribution in [1.82, 2.24) is 5.32 Å². The molecule has 0 amide bonds. The summed E-state index contributed by atoms with van der Waals surface area (Å²) in [5.41, 5.74) is 1.20. The van der Waals surface area contributed by atoms with E-state index < -0.39 is 0 Å². The van der Waals surface area contributed by atoms with Crippen LogP contribution in [0.3, 0.4) is 0 Å². The van der Waals surface area contributed by atoms with Gasteiger partial charge in [-0.2, -0.15) is 0 Å². The third-order valence-corrected chi connectivity index (χ3v) is 2.58. The minimum absolute atomic E-state index is 0.542. The molecule has 108 valence electrons. The second-order valence-electron chi connectivity index (χ2n) is 4.04. The molecule has 0 unspecified atom stereocenters. The van der Waals surface area contributed by atoms with Gasteiger partial charge in [0.25, 0.3) is 0 Å². The summed E-state index contributed by atoms with van der Waals surface area (Å²) in [6.07, 6.45) is 0. The van der Waals surface area contributed by atoms with Crippen LogP contribution in [0.15, 0.2) is 18.2 Å². The van der Waals surface area contributed by atoms with Crippen LogP contribution in [0.4, 0.5) is 0 Å². The van der Waals surface area contributed by atoms with Crippen molar-refractivity contribution in [2.45, 2.75) is 27.3 Å². The third kappa shape index (κ3) is 5.94. The van der Waals surface area contributed by atoms with E-state index in [0.717, 1.165) is 24.6 Å². The minimum atomic E-state index is 0.542. The lowest BCUT2D eigenvalue weighted by molar-refractivity contribution is 0.108. The second-order valence-corrected chi connectivity index (χ2v) is 4.04. The molecule has 0 saturated heterocycles. The molecule has 0 aliphatic heterocycles. The molecule has 1 aromatic rings. The van der Waals surface area contributed by atoms with E-state index in [-0.39, 0.29) is 0 Å². The molecule has 0 bridgehead atoms. The number of nitrogens with one attached hydrogen (secondary N) is 1. The van der Waals surface area contributed by atoms with Crippen molar-refractivity contribution in [2.24, 2.45) is 0 Å². The van der Waals surface area contributed by atoms with E-state index in [4.69, 9.17) is 14.2 Å². The number of ether oxygens (including phenoxy) is 3. The first-order chi connectivity index (χ1) is 9.31. The molecular weight excluding hydrogens is 242 g/mol. The molecular formula is C15H25NO3. The SMILES string of the molecule is CCNCc1ccc(OCCOCC)c(OCC)c1. The van der Waals surface area contributed by atoms with E-state index in [1.54, 1.807) is 0 Å². The Morgan fingerprint density at radius 1 is 0.947 bits per heavy atom. The fraction of sp³-hybridized carbons (Fsp3) is 0.600. The first kappa shape index (κ1) is 15.8. The summed E-state index contributed by atoms with van der Waals surface area (Å²) in [5.74, 6) is 1.58. The Kier molecular flexibility index (Phi) is 8.02. The van der Waals surface area contributed by atoms with E-state index in [9.17, 15) is 0 Å². The lowest BCUT2D eigenvalue weighted by Gasteiger charge is -2.13. The lowest BCUT2D eigenvalue weighted by Crippen LogP contribution is -2.12. The fourth-order valence-electron chi connectivity index (χ4n) is 1.67. The number of rotatable bonds is 10. The molecule has 19 heavy (non-hydrogen) atoms. The van der Waals surface area contributed by atoms with Gasteiger partial charge >= 0.3 is 0 Å². The van der Waals surface area contributed by atoms with Gasteiger partial charge in [0, 0.05) is 13.2 Å². The Hall–Kier alpha value is -1.26. The number of hydrogen-bond acceptors (Lipinski definition) is 4. The van der Waals surface area contributed by atoms with Crippen LogP contribution in [0.25, 0.3) is 0 Å². The van der Waals surface area contributed by atoms with Crippen LogP contribution in [0.2, 0.25) is 0 Å². The van der Waals surface area contributed by atoms with E-state index in [0.29, 0.717) is 26.4 Å². The van der Waals surface area contributed by atoms with E-state index >= 15 is 0 Å². The minimum Gasteiger partial charge on any atom is -0.490 e. The van der Waals surface area contributed by atoms with Crippen molar-refractivity contribution in [1.29, 1.82) is 0 Å². The summed E-state index contributed by atoms with van der Waals surface area (Å²) >= 11 is 0. The molecule has 0 atom stereocenters. The summed E-state index contributed by atoms with van der Waals surface area (Å²) in [7, 11) is 0. The number of hydrogen-bond donors (Lipinski definition) is 1. The van der Waals surface area contributed by atoms with Crippen LogP contribution < -0.4 is 14.8 Å². The van der Waals surface area contributed by atoms with Gasteiger partial charge in [0.15, 0.2) is 11.5 Å². The summed E-state index contributed by atoms with van der Waals surface area (Å²) in [6.45, 7) is 10.3. The summed E-state index contributed by atoms with van der Waals surface area (Å²) in [4.78, 5) is 0. The van der Waals surface area contributed by atoms with Crippen molar-refractivity contribution in [2.75, 3.05) is 33.0 Å². The molecule has 0 aliphatic carbocycles. The molecule has 4 nitrogen and oxygen atoms in total. The molecule has 0 aliphatic rings. The van der Waals surface area contributed by atoms with Gasteiger partial charge in [-0.15, -0.1) is 0 Å². The van der Waals surface area contributed by atoms with Crippen molar-refractivity contribution >= 4 is 0 Å². The van der Waals surface area contributed by atoms with Crippen LogP contribution in [-0.4, -0.2) is 33.0 Å². The van der Waals surface area contributed by atoms with Gasteiger partial charge in [-0.25, -0.2) is 0 Å². The standard InChI is InChI=1S/C15H25NO3/c1-4-16-12-13-7-8-14(15(11-13)18-6-3)19-10-9-17-5-2/h7-8,11,16H,4-6,9-10,12H2,1-3H3. The van der Waals surface area contributed by atoms with E-state index in [1.165, 1.54) is 5.56 Å². The largest absolute Gasteiger partial charge is 0.490 e. The van der Waals surface area contributed by atoms with E-state index in [1.807, 2.05) is 26.0 Å². The highest BCUT2D eigenvalue weighted by atomic mass is 16.5. The monoisotopic (exact) mass is 267 g/mol. The molecule has 0 radical (unpaired) electrons. The normalized spacial score (nSPS) is 10.5. The molecule has 4 heteroatoms. The quantitative estimate of drug-likeness (QED) is 0.661. The van der Waals surface area contributed by atoms with E-state index in [2.05, 4.69) is 18.3 Å². The highest BCUT2D eigenvalue weighted by Crippen LogP contribution is 2.28. The zero-order valence-corrected chi connectivity index (χ0v) is 12.2. The van der Waals surface area contributed by atoms with Gasteiger partial charge in [0.05, 0.1) is 13.2 Å². The predicted octanol–water partition coefficient (Wildman–Crippen LogP) is 2.61. The van der Waals surface area contributed by atoms with Gasteiger partial charge in [-0.1, -0.05) is 13.0 Å². The van der Waals surface area contributed by atoms with Crippen LogP contribution >= 0.6 is 0 Å². The molecule has 0 aromatic heterocycles. The number of benzene rings is 1. The maximum Gasteiger partial charge on any atom is 0.161 e. The van der Waals surface area contributed by atoms with Crippen molar-refractivity contribution in [3.63, 3.8) is 0 Å². The van der Waals surface area contributed by atoms with Crippen LogP contribution in [0, 0.1) is 0 Å². The van der Waals surface area contributed by atoms with Gasteiger partial charge in [0.2, 0.25) is 0 Å². The third-order valence-electron chi connectivity index (χ3n) is 2.58. The van der Waals surface area contributed by atoms with Crippen LogP contribution in [-0.2, 0) is 11.3 Å². The molecule has 1 aromatic carbocycles. The van der Waals surface area contributed by atoms with Crippen LogP contribution in [0.5, 0.6) is 11.5 Å². The molecule has 1 N–H and O–H groups in total. The topological polar surface area (TPSA) is 39.7 Å². The Bertz CT molecular complexity index is 355. The second kappa shape index (κ2) is 9.64. The Morgan fingerprint density at radius 3 is 2.47 bits per heavy atom. The Morgan fingerprint density at radius 2 is 1.79 bits per heavy atom. The summed E-state index contributed by atoms with van der Waals surface area (Å²) < 4.78 is 16.6. The fourth-order valence-corrected chi connectivity index (χ4v) is 1.67. The summed E-state index contributed by atoms with van der Waals surface area (Å²) in [5, 5.41) is 3.30. The molecule has 0 saturated carbocycles. The van der Waals surface area contributed by atoms with Gasteiger partial charge in [0.1, 0.15) is 6.61 Å². The first-order valence-corrected chi connectivity index (χ1v) is 6.98. The van der Waals surface area contributed by atoms with Gasteiger partial charge in [-0.3, -0.25) is 0 Å². The Balaban J connectivity index is 2.62. The molecule has 1 rings (SSSR count). The van der Waals surface area contributed by atoms with Gasteiger partial charge in [-0.05, 0) is 38.1 Å². The van der Waals surface area contributed by atoms with Crippen molar-refractivity contribution < 1.29 is 14.2 Å². The predicted molar refractivity (Wildman–Crippen MR) is 77.0 cm³/mol. The maximum atomic E-state index is 5.68. The lowest BCUT2D eigenvalue weighted by atomic mass is 10.2. The molecule has 0 fully saturated rings. The highest BCUT2D eigenvalue weighted by Gasteiger charge is 2.06. The molecule has 0 heterocycles. The van der Waals surface area contributed by atoms with Crippen LogP contribution in [0.1, 0.15) is 26.3 Å². The average Bonchev–Trinajstić information content (AvgIpc) is 2.43.